The number of phosphoric ester groups is 1. The van der Waals surface area contributed by atoms with Crippen LogP contribution >= 0.6 is 7.82 Å². The van der Waals surface area contributed by atoms with Gasteiger partial charge in [0, 0.05) is 12.0 Å². The summed E-state index contributed by atoms with van der Waals surface area (Å²) in [6.07, 6.45) is -0.598. The first-order chi connectivity index (χ1) is 9.31. The van der Waals surface area contributed by atoms with Crippen LogP contribution in [0.25, 0.3) is 0 Å². The van der Waals surface area contributed by atoms with Crippen LogP contribution in [-0.2, 0) is 18.4 Å². The Bertz CT molecular complexity index is 396. The number of amides is 1. The second kappa shape index (κ2) is 7.74. The van der Waals surface area contributed by atoms with E-state index in [2.05, 4.69) is 5.32 Å². The van der Waals surface area contributed by atoms with Crippen molar-refractivity contribution in [2.75, 3.05) is 13.2 Å². The van der Waals surface area contributed by atoms with Gasteiger partial charge in [-0.1, -0.05) is 20.2 Å². The predicted octanol–water partition coefficient (Wildman–Crippen LogP) is 0.473. The summed E-state index contributed by atoms with van der Waals surface area (Å²) in [5.41, 5.74) is -1.87. The topological polar surface area (TPSA) is 105 Å². The summed E-state index contributed by atoms with van der Waals surface area (Å²) in [5.74, 6) is -0.532. The van der Waals surface area contributed by atoms with E-state index < -0.39 is 30.8 Å². The van der Waals surface area contributed by atoms with Crippen LogP contribution < -0.4 is 5.32 Å². The number of aliphatic hydroxyl groups is 1. The van der Waals surface area contributed by atoms with Crippen molar-refractivity contribution in [1.82, 2.24) is 5.32 Å². The lowest BCUT2D eigenvalue weighted by atomic mass is 9.87. The van der Waals surface area contributed by atoms with E-state index in [9.17, 15) is 19.4 Å². The molecule has 3 N–H and O–H groups in total. The maximum atomic E-state index is 11.8. The first-order valence-corrected chi connectivity index (χ1v) is 8.44. The third kappa shape index (κ3) is 8.58. The first kappa shape index (κ1) is 20.6. The number of carbonyl (C=O) groups excluding carboxylic acids is 1. The summed E-state index contributed by atoms with van der Waals surface area (Å²) in [7, 11) is -2.35. The molecule has 0 radical (unpaired) electrons. The fourth-order valence-electron chi connectivity index (χ4n) is 1.40. The number of carbonyl (C=O) groups is 1. The lowest BCUT2D eigenvalue weighted by Crippen LogP contribution is -2.46. The summed E-state index contributed by atoms with van der Waals surface area (Å²) >= 11 is 0. The van der Waals surface area contributed by atoms with Gasteiger partial charge in [-0.15, -0.1) is 0 Å². The third-order valence-electron chi connectivity index (χ3n) is 2.53. The fourth-order valence-corrected chi connectivity index (χ4v) is 2.64. The normalized spacial score (nSPS) is 17.1. The summed E-state index contributed by atoms with van der Waals surface area (Å²) < 4.78 is 21.6. The Balaban J connectivity index is 4.60. The molecule has 21 heavy (non-hydrogen) atoms. The van der Waals surface area contributed by atoms with Gasteiger partial charge in [0.15, 0.2) is 0 Å². The fraction of sp³-hybridized carbons (Fsp3) is 0.917. The Hall–Kier alpha value is -0.395. The molecule has 0 heterocycles. The largest absolute Gasteiger partial charge is 0.472 e. The van der Waals surface area contributed by atoms with E-state index in [-0.39, 0.29) is 6.61 Å². The van der Waals surface area contributed by atoms with Crippen molar-refractivity contribution < 1.29 is 28.4 Å². The molecule has 0 spiro atoms. The zero-order valence-electron chi connectivity index (χ0n) is 13.7. The SMILES string of the molecule is BCCNC(=O)C(O)C(C)(C)COP(=O)(O)OC(C)(C)C. The maximum Gasteiger partial charge on any atom is 0.472 e. The van der Waals surface area contributed by atoms with Crippen LogP contribution in [0.4, 0.5) is 0 Å². The van der Waals surface area contributed by atoms with Gasteiger partial charge < -0.3 is 15.3 Å². The molecule has 7 nitrogen and oxygen atoms in total. The molecular formula is C12H27BNO6P. The quantitative estimate of drug-likeness (QED) is 0.443. The third-order valence-corrected chi connectivity index (χ3v) is 3.76. The Morgan fingerprint density at radius 3 is 2.29 bits per heavy atom. The number of hydrogen-bond donors (Lipinski definition) is 3. The molecule has 2 atom stereocenters. The van der Waals surface area contributed by atoms with Gasteiger partial charge in [0.2, 0.25) is 5.91 Å². The molecule has 0 aliphatic rings. The number of hydrogen-bond acceptors (Lipinski definition) is 5. The minimum Gasteiger partial charge on any atom is -0.383 e. The van der Waals surface area contributed by atoms with Gasteiger partial charge >= 0.3 is 7.82 Å². The number of rotatable bonds is 8. The minimum absolute atomic E-state index is 0.294. The zero-order valence-corrected chi connectivity index (χ0v) is 14.6. The van der Waals surface area contributed by atoms with Gasteiger partial charge in [0.05, 0.1) is 12.2 Å². The molecule has 0 aromatic carbocycles. The standard InChI is InChI=1S/C12H27BNO6P/c1-11(2,3)20-21(17,18)19-8-12(4,5)9(15)10(16)14-7-6-13/h9,15H,6-8,13H2,1-5H3,(H,14,16)(H,17,18). The second-order valence-corrected chi connectivity index (χ2v) is 8.01. The summed E-state index contributed by atoms with van der Waals surface area (Å²) in [4.78, 5) is 21.3. The van der Waals surface area contributed by atoms with Crippen molar-refractivity contribution >= 4 is 21.6 Å². The van der Waals surface area contributed by atoms with Gasteiger partial charge in [0.1, 0.15) is 14.0 Å². The van der Waals surface area contributed by atoms with E-state index in [1.54, 1.807) is 34.6 Å². The van der Waals surface area contributed by atoms with E-state index >= 15 is 0 Å². The van der Waals surface area contributed by atoms with E-state index in [0.29, 0.717) is 6.54 Å². The predicted molar refractivity (Wildman–Crippen MR) is 82.8 cm³/mol. The first-order valence-electron chi connectivity index (χ1n) is 6.94. The van der Waals surface area contributed by atoms with Crippen LogP contribution in [-0.4, -0.2) is 48.6 Å². The van der Waals surface area contributed by atoms with Crippen LogP contribution in [0.3, 0.4) is 0 Å². The highest BCUT2D eigenvalue weighted by molar-refractivity contribution is 7.47. The van der Waals surface area contributed by atoms with Gasteiger partial charge in [-0.2, -0.15) is 0 Å². The average molecular weight is 323 g/mol. The van der Waals surface area contributed by atoms with E-state index in [1.165, 1.54) is 0 Å². The van der Waals surface area contributed by atoms with Gasteiger partial charge in [0.25, 0.3) is 0 Å². The lowest BCUT2D eigenvalue weighted by Gasteiger charge is -2.31. The highest BCUT2D eigenvalue weighted by Gasteiger charge is 2.37. The molecule has 2 unspecified atom stereocenters. The molecule has 0 aromatic heterocycles. The Morgan fingerprint density at radius 2 is 1.86 bits per heavy atom. The highest BCUT2D eigenvalue weighted by atomic mass is 31.2. The van der Waals surface area contributed by atoms with E-state index in [0.717, 1.165) is 6.32 Å². The molecule has 0 aliphatic carbocycles. The second-order valence-electron chi connectivity index (χ2n) is 6.63. The van der Waals surface area contributed by atoms with E-state index in [4.69, 9.17) is 9.05 Å². The van der Waals surface area contributed by atoms with Crippen molar-refractivity contribution in [3.05, 3.63) is 0 Å². The number of phosphoric acid groups is 1. The number of nitrogens with one attached hydrogen (secondary N) is 1. The minimum atomic E-state index is -4.24. The molecule has 124 valence electrons. The molecule has 0 rings (SSSR count). The molecule has 0 aromatic rings. The molecule has 9 heteroatoms. The lowest BCUT2D eigenvalue weighted by molar-refractivity contribution is -0.137. The van der Waals surface area contributed by atoms with Crippen molar-refractivity contribution in [2.45, 2.75) is 52.6 Å². The highest BCUT2D eigenvalue weighted by Crippen LogP contribution is 2.48. The van der Waals surface area contributed by atoms with Crippen LogP contribution in [0.15, 0.2) is 0 Å². The Morgan fingerprint density at radius 1 is 1.33 bits per heavy atom. The summed E-state index contributed by atoms with van der Waals surface area (Å²) in [6.45, 7) is 8.17. The van der Waals surface area contributed by atoms with Gasteiger partial charge in [-0.05, 0) is 20.8 Å². The molecular weight excluding hydrogens is 296 g/mol. The van der Waals surface area contributed by atoms with Gasteiger partial charge in [-0.25, -0.2) is 4.57 Å². The Kier molecular flexibility index (Phi) is 7.60. The Labute approximate surface area is 127 Å². The molecule has 1 amide bonds. The van der Waals surface area contributed by atoms with Crippen molar-refractivity contribution in [3.63, 3.8) is 0 Å². The van der Waals surface area contributed by atoms with Crippen molar-refractivity contribution in [1.29, 1.82) is 0 Å². The van der Waals surface area contributed by atoms with E-state index in [1.807, 2.05) is 7.85 Å². The van der Waals surface area contributed by atoms with Crippen molar-refractivity contribution in [2.24, 2.45) is 5.41 Å². The van der Waals surface area contributed by atoms with Crippen LogP contribution in [0.5, 0.6) is 0 Å². The van der Waals surface area contributed by atoms with Crippen LogP contribution in [0.1, 0.15) is 34.6 Å². The molecule has 0 fully saturated rings. The molecule has 0 bridgehead atoms. The molecule has 0 saturated carbocycles. The maximum absolute atomic E-state index is 11.8. The molecule has 0 saturated heterocycles. The van der Waals surface area contributed by atoms with Crippen molar-refractivity contribution in [3.8, 4) is 0 Å². The monoisotopic (exact) mass is 323 g/mol. The average Bonchev–Trinajstić information content (AvgIpc) is 2.30. The summed E-state index contributed by atoms with van der Waals surface area (Å²) in [5, 5.41) is 12.6. The van der Waals surface area contributed by atoms with Crippen LogP contribution in [0.2, 0.25) is 6.32 Å². The number of aliphatic hydroxyl groups excluding tert-OH is 1. The summed E-state index contributed by atoms with van der Waals surface area (Å²) in [6, 6.07) is 0. The van der Waals surface area contributed by atoms with Crippen LogP contribution in [0, 0.1) is 5.41 Å². The van der Waals surface area contributed by atoms with Gasteiger partial charge in [-0.3, -0.25) is 13.8 Å². The molecule has 0 aliphatic heterocycles. The smallest absolute Gasteiger partial charge is 0.383 e. The zero-order chi connectivity index (χ0) is 16.9.